The molecule has 0 unspecified atom stereocenters. The van der Waals surface area contributed by atoms with E-state index in [2.05, 4.69) is 26.2 Å². The summed E-state index contributed by atoms with van der Waals surface area (Å²) in [6.45, 7) is 2.01. The Hall–Kier alpha value is -1.32. The van der Waals surface area contributed by atoms with Gasteiger partial charge in [-0.3, -0.25) is 4.79 Å². The number of nitrogens with zero attached hydrogens (tertiary/aromatic N) is 1. The standard InChI is InChI=1S/C17H12BrIN2O2S/c1-9-2-4-11(5-3-9)20-17-21-16(23)14(24-17)8-10-6-12(18)15(22)13(19)7-10/h2-8,22H,1H3,(H,20,21,23)/b14-8+. The van der Waals surface area contributed by atoms with E-state index in [1.807, 2.05) is 59.8 Å². The van der Waals surface area contributed by atoms with Crippen molar-refractivity contribution in [3.05, 3.63) is 60.5 Å². The summed E-state index contributed by atoms with van der Waals surface area (Å²) in [7, 11) is 0. The molecule has 0 spiro atoms. The number of benzene rings is 2. The molecule has 1 amide bonds. The molecule has 24 heavy (non-hydrogen) atoms. The minimum Gasteiger partial charge on any atom is -0.506 e. The molecule has 4 nitrogen and oxygen atoms in total. The maximum absolute atomic E-state index is 12.1. The minimum atomic E-state index is -0.176. The number of nitrogens with one attached hydrogen (secondary N) is 1. The summed E-state index contributed by atoms with van der Waals surface area (Å²) in [4.78, 5) is 17.1. The van der Waals surface area contributed by atoms with Crippen molar-refractivity contribution in [2.45, 2.75) is 6.92 Å². The second kappa shape index (κ2) is 7.28. The van der Waals surface area contributed by atoms with Gasteiger partial charge >= 0.3 is 0 Å². The number of aromatic hydroxyl groups is 1. The van der Waals surface area contributed by atoms with E-state index in [0.29, 0.717) is 18.1 Å². The Labute approximate surface area is 165 Å². The van der Waals surface area contributed by atoms with Crippen LogP contribution in [-0.2, 0) is 4.79 Å². The highest BCUT2D eigenvalue weighted by Crippen LogP contribution is 2.33. The molecule has 2 aromatic rings. The molecule has 0 aliphatic carbocycles. The fourth-order valence-corrected chi connectivity index (χ4v) is 4.38. The number of phenols is 1. The molecule has 1 fully saturated rings. The number of aliphatic imine (C=N–C) groups is 1. The number of amides is 1. The van der Waals surface area contributed by atoms with Crippen molar-refractivity contribution in [1.82, 2.24) is 5.32 Å². The van der Waals surface area contributed by atoms with Crippen LogP contribution in [0.25, 0.3) is 6.08 Å². The molecule has 1 aliphatic rings. The largest absolute Gasteiger partial charge is 0.506 e. The Balaban J connectivity index is 1.86. The Bertz CT molecular complexity index is 856. The third-order valence-electron chi connectivity index (χ3n) is 3.25. The van der Waals surface area contributed by atoms with E-state index in [4.69, 9.17) is 0 Å². The second-order valence-electron chi connectivity index (χ2n) is 5.15. The number of carbonyl (C=O) groups excluding carboxylic acids is 1. The van der Waals surface area contributed by atoms with Crippen LogP contribution in [0.2, 0.25) is 0 Å². The van der Waals surface area contributed by atoms with Crippen LogP contribution in [0, 0.1) is 10.5 Å². The zero-order chi connectivity index (χ0) is 17.3. The van der Waals surface area contributed by atoms with Crippen molar-refractivity contribution in [2.75, 3.05) is 0 Å². The highest BCUT2D eigenvalue weighted by atomic mass is 127. The van der Waals surface area contributed by atoms with Crippen LogP contribution in [0.3, 0.4) is 0 Å². The van der Waals surface area contributed by atoms with Gasteiger partial charge in [0.15, 0.2) is 5.17 Å². The molecule has 7 heteroatoms. The van der Waals surface area contributed by atoms with Gasteiger partial charge in [0, 0.05) is 0 Å². The summed E-state index contributed by atoms with van der Waals surface area (Å²) >= 11 is 6.66. The van der Waals surface area contributed by atoms with Gasteiger partial charge in [0.25, 0.3) is 5.91 Å². The first-order valence-corrected chi connectivity index (χ1v) is 9.65. The molecule has 3 rings (SSSR count). The van der Waals surface area contributed by atoms with Gasteiger partial charge in [-0.25, -0.2) is 4.99 Å². The summed E-state index contributed by atoms with van der Waals surface area (Å²) in [5, 5.41) is 13.1. The number of phenolic OH excluding ortho intramolecular Hbond substituents is 1. The average Bonchev–Trinajstić information content (AvgIpc) is 2.87. The van der Waals surface area contributed by atoms with Crippen LogP contribution in [0.4, 0.5) is 5.69 Å². The highest BCUT2D eigenvalue weighted by molar-refractivity contribution is 14.1. The lowest BCUT2D eigenvalue weighted by atomic mass is 10.2. The van der Waals surface area contributed by atoms with E-state index in [9.17, 15) is 9.90 Å². The summed E-state index contributed by atoms with van der Waals surface area (Å²) in [6.07, 6.45) is 1.78. The lowest BCUT2D eigenvalue weighted by Gasteiger charge is -2.02. The normalized spacial score (nSPS) is 17.5. The van der Waals surface area contributed by atoms with Crippen LogP contribution in [-0.4, -0.2) is 16.2 Å². The van der Waals surface area contributed by atoms with E-state index in [1.54, 1.807) is 12.1 Å². The van der Waals surface area contributed by atoms with Gasteiger partial charge in [-0.15, -0.1) is 0 Å². The molecule has 1 aliphatic heterocycles. The molecular formula is C17H12BrIN2O2S. The molecular weight excluding hydrogens is 503 g/mol. The summed E-state index contributed by atoms with van der Waals surface area (Å²) in [5.74, 6) is 0.0213. The van der Waals surface area contributed by atoms with Crippen LogP contribution in [0.1, 0.15) is 11.1 Å². The molecule has 122 valence electrons. The third-order valence-corrected chi connectivity index (χ3v) is 5.59. The SMILES string of the molecule is Cc1ccc(N=C2NC(=O)/C(=C\c3cc(Br)c(O)c(I)c3)S2)cc1. The van der Waals surface area contributed by atoms with Crippen LogP contribution >= 0.6 is 50.3 Å². The molecule has 2 N–H and O–H groups in total. The lowest BCUT2D eigenvalue weighted by molar-refractivity contribution is -0.115. The first-order chi connectivity index (χ1) is 11.4. The molecule has 1 saturated heterocycles. The molecule has 0 saturated carbocycles. The zero-order valence-corrected chi connectivity index (χ0v) is 17.1. The first kappa shape index (κ1) is 17.5. The number of carbonyl (C=O) groups is 1. The Morgan fingerprint density at radius 1 is 1.29 bits per heavy atom. The number of rotatable bonds is 2. The maximum atomic E-state index is 12.1. The number of halogens is 2. The number of aryl methyl sites for hydroxylation is 1. The van der Waals surface area contributed by atoms with Crippen molar-refractivity contribution >= 4 is 73.1 Å². The van der Waals surface area contributed by atoms with Gasteiger partial charge in [-0.05, 0) is 93.1 Å². The quantitative estimate of drug-likeness (QED) is 0.440. The van der Waals surface area contributed by atoms with Crippen molar-refractivity contribution in [2.24, 2.45) is 4.99 Å². The maximum Gasteiger partial charge on any atom is 0.264 e. The monoisotopic (exact) mass is 514 g/mol. The average molecular weight is 515 g/mol. The lowest BCUT2D eigenvalue weighted by Crippen LogP contribution is -2.19. The minimum absolute atomic E-state index is 0.176. The molecule has 0 bridgehead atoms. The summed E-state index contributed by atoms with van der Waals surface area (Å²) in [6, 6.07) is 11.4. The number of hydrogen-bond donors (Lipinski definition) is 2. The van der Waals surface area contributed by atoms with Crippen LogP contribution in [0.5, 0.6) is 5.75 Å². The number of hydrogen-bond acceptors (Lipinski definition) is 4. The van der Waals surface area contributed by atoms with Crippen molar-refractivity contribution in [1.29, 1.82) is 0 Å². The topological polar surface area (TPSA) is 61.7 Å². The predicted octanol–water partition coefficient (Wildman–Crippen LogP) is 4.96. The van der Waals surface area contributed by atoms with Gasteiger partial charge in [-0.2, -0.15) is 0 Å². The molecule has 1 heterocycles. The van der Waals surface area contributed by atoms with E-state index in [1.165, 1.54) is 11.8 Å². The van der Waals surface area contributed by atoms with Crippen molar-refractivity contribution in [3.63, 3.8) is 0 Å². The molecule has 0 aromatic heterocycles. The van der Waals surface area contributed by atoms with Gasteiger partial charge in [-0.1, -0.05) is 17.7 Å². The molecule has 2 aromatic carbocycles. The van der Waals surface area contributed by atoms with Crippen molar-refractivity contribution in [3.8, 4) is 5.75 Å². The van der Waals surface area contributed by atoms with Crippen LogP contribution < -0.4 is 5.32 Å². The van der Waals surface area contributed by atoms with Crippen molar-refractivity contribution < 1.29 is 9.90 Å². The van der Waals surface area contributed by atoms with E-state index < -0.39 is 0 Å². The van der Waals surface area contributed by atoms with Gasteiger partial charge < -0.3 is 10.4 Å². The second-order valence-corrected chi connectivity index (χ2v) is 8.20. The Kier molecular flexibility index (Phi) is 5.31. The third kappa shape index (κ3) is 4.01. The summed E-state index contributed by atoms with van der Waals surface area (Å²) < 4.78 is 1.31. The van der Waals surface area contributed by atoms with Gasteiger partial charge in [0.2, 0.25) is 0 Å². The molecule has 0 radical (unpaired) electrons. The first-order valence-electron chi connectivity index (χ1n) is 6.96. The number of thioether (sulfide) groups is 1. The summed E-state index contributed by atoms with van der Waals surface area (Å²) in [5.41, 5.74) is 2.79. The van der Waals surface area contributed by atoms with E-state index >= 15 is 0 Å². The Morgan fingerprint density at radius 2 is 2.00 bits per heavy atom. The smallest absolute Gasteiger partial charge is 0.264 e. The number of amidine groups is 1. The highest BCUT2D eigenvalue weighted by Gasteiger charge is 2.24. The fraction of sp³-hybridized carbons (Fsp3) is 0.0588. The predicted molar refractivity (Wildman–Crippen MR) is 111 cm³/mol. The zero-order valence-electron chi connectivity index (χ0n) is 12.5. The molecule has 0 atom stereocenters. The fourth-order valence-electron chi connectivity index (χ4n) is 2.04. The Morgan fingerprint density at radius 3 is 2.67 bits per heavy atom. The van der Waals surface area contributed by atoms with Gasteiger partial charge in [0.1, 0.15) is 5.75 Å². The van der Waals surface area contributed by atoms with Crippen LogP contribution in [0.15, 0.2) is 50.8 Å². The van der Waals surface area contributed by atoms with E-state index in [0.717, 1.165) is 16.8 Å². The van der Waals surface area contributed by atoms with E-state index in [-0.39, 0.29) is 11.7 Å². The van der Waals surface area contributed by atoms with Gasteiger partial charge in [0.05, 0.1) is 18.6 Å².